The molecule has 4 rings (SSSR count). The number of hydrogen-bond acceptors (Lipinski definition) is 7. The maximum Gasteiger partial charge on any atom is 0.331 e. The number of non-ortho nitro benzene ring substituents is 1. The molecule has 0 aliphatic heterocycles. The number of carbonyl (C=O) groups is 2. The van der Waals surface area contributed by atoms with Crippen LogP contribution in [0.15, 0.2) is 84.4 Å². The van der Waals surface area contributed by atoms with E-state index in [1.165, 1.54) is 41.7 Å². The molecule has 9 nitrogen and oxygen atoms in total. The Morgan fingerprint density at radius 2 is 1.85 bits per heavy atom. The Morgan fingerprint density at radius 1 is 1.09 bits per heavy atom. The van der Waals surface area contributed by atoms with E-state index in [1.54, 1.807) is 10.8 Å². The highest BCUT2D eigenvalue weighted by molar-refractivity contribution is 7.13. The van der Waals surface area contributed by atoms with Crippen LogP contribution in [0.3, 0.4) is 0 Å². The van der Waals surface area contributed by atoms with Gasteiger partial charge in [0.05, 0.1) is 15.5 Å². The molecule has 2 aromatic heterocycles. The van der Waals surface area contributed by atoms with E-state index in [2.05, 4.69) is 10.4 Å². The Hall–Kier alpha value is -4.57. The van der Waals surface area contributed by atoms with Crippen molar-refractivity contribution in [3.05, 3.63) is 100 Å². The highest BCUT2D eigenvalue weighted by Crippen LogP contribution is 2.28. The van der Waals surface area contributed by atoms with Crippen molar-refractivity contribution in [3.63, 3.8) is 0 Å². The van der Waals surface area contributed by atoms with Gasteiger partial charge in [0.2, 0.25) is 0 Å². The zero-order chi connectivity index (χ0) is 23.9. The van der Waals surface area contributed by atoms with Crippen LogP contribution in [0, 0.1) is 10.1 Å². The zero-order valence-electron chi connectivity index (χ0n) is 17.7. The smallest absolute Gasteiger partial charge is 0.331 e. The van der Waals surface area contributed by atoms with E-state index >= 15 is 0 Å². The Bertz CT molecular complexity index is 1330. The van der Waals surface area contributed by atoms with Gasteiger partial charge in [-0.3, -0.25) is 14.9 Å². The highest BCUT2D eigenvalue weighted by atomic mass is 32.1. The number of rotatable bonds is 8. The van der Waals surface area contributed by atoms with E-state index in [4.69, 9.17) is 4.74 Å². The Balaban J connectivity index is 1.40. The first-order chi connectivity index (χ1) is 16.5. The number of esters is 1. The van der Waals surface area contributed by atoms with Gasteiger partial charge in [-0.05, 0) is 41.8 Å². The van der Waals surface area contributed by atoms with Gasteiger partial charge < -0.3 is 10.1 Å². The van der Waals surface area contributed by atoms with E-state index in [9.17, 15) is 19.7 Å². The van der Waals surface area contributed by atoms with E-state index in [0.717, 1.165) is 21.8 Å². The van der Waals surface area contributed by atoms with Gasteiger partial charge in [-0.2, -0.15) is 5.10 Å². The van der Waals surface area contributed by atoms with E-state index in [0.29, 0.717) is 5.69 Å². The number of nitrogens with zero attached hydrogens (tertiary/aromatic N) is 3. The standard InChI is InChI=1S/C24H18N4O5S/c29-22(25-18-9-11-20(12-10-18)28(31)32)16-33-23(30)13-8-17-15-27(19-5-2-1-3-6-19)26-24(17)21-7-4-14-34-21/h1-15H,16H2,(H,25,29). The molecule has 0 bridgehead atoms. The van der Waals surface area contributed by atoms with Crippen molar-refractivity contribution < 1.29 is 19.2 Å². The maximum atomic E-state index is 12.2. The fourth-order valence-corrected chi connectivity index (χ4v) is 3.76. The summed E-state index contributed by atoms with van der Waals surface area (Å²) in [6.45, 7) is -0.499. The van der Waals surface area contributed by atoms with Crippen LogP contribution in [0.1, 0.15) is 5.56 Å². The van der Waals surface area contributed by atoms with Crippen molar-refractivity contribution >= 4 is 40.7 Å². The number of anilines is 1. The predicted molar refractivity (Wildman–Crippen MR) is 129 cm³/mol. The van der Waals surface area contributed by atoms with Crippen LogP contribution >= 0.6 is 11.3 Å². The summed E-state index contributed by atoms with van der Waals surface area (Å²) in [5.74, 6) is -1.25. The number of thiophene rings is 1. The number of nitro benzene ring substituents is 1. The first-order valence-electron chi connectivity index (χ1n) is 10.1. The third kappa shape index (κ3) is 5.61. The molecule has 0 unspecified atom stereocenters. The summed E-state index contributed by atoms with van der Waals surface area (Å²) >= 11 is 1.53. The molecule has 4 aromatic rings. The fourth-order valence-electron chi connectivity index (χ4n) is 3.03. The van der Waals surface area contributed by atoms with Gasteiger partial charge in [-0.1, -0.05) is 24.3 Å². The molecular formula is C24H18N4O5S. The Labute approximate surface area is 198 Å². The molecule has 0 atom stereocenters. The summed E-state index contributed by atoms with van der Waals surface area (Å²) in [7, 11) is 0. The van der Waals surface area contributed by atoms with Crippen molar-refractivity contribution in [2.75, 3.05) is 11.9 Å². The molecular weight excluding hydrogens is 456 g/mol. The molecule has 34 heavy (non-hydrogen) atoms. The SMILES string of the molecule is O=C(COC(=O)C=Cc1cn(-c2ccccc2)nc1-c1cccs1)Nc1ccc([N+](=O)[O-])cc1. The lowest BCUT2D eigenvalue weighted by Gasteiger charge is -2.05. The second kappa shape index (κ2) is 10.4. The predicted octanol–water partition coefficient (Wildman–Crippen LogP) is 4.70. The molecule has 2 aromatic carbocycles. The molecule has 0 aliphatic carbocycles. The molecule has 0 fully saturated rings. The van der Waals surface area contributed by atoms with Gasteiger partial charge >= 0.3 is 5.97 Å². The van der Waals surface area contributed by atoms with E-state index < -0.39 is 23.4 Å². The average Bonchev–Trinajstić information content (AvgIpc) is 3.52. The number of para-hydroxylation sites is 1. The van der Waals surface area contributed by atoms with Gasteiger partial charge in [-0.25, -0.2) is 9.48 Å². The quantitative estimate of drug-likeness (QED) is 0.171. The monoisotopic (exact) mass is 474 g/mol. The number of aromatic nitrogens is 2. The normalized spacial score (nSPS) is 10.8. The average molecular weight is 474 g/mol. The van der Waals surface area contributed by atoms with Crippen LogP contribution < -0.4 is 5.32 Å². The molecule has 1 amide bonds. The van der Waals surface area contributed by atoms with Crippen molar-refractivity contribution in [3.8, 4) is 16.3 Å². The molecule has 0 spiro atoms. The third-order valence-electron chi connectivity index (χ3n) is 4.62. The van der Waals surface area contributed by atoms with Gasteiger partial charge in [0.15, 0.2) is 6.61 Å². The second-order valence-corrected chi connectivity index (χ2v) is 7.93. The molecule has 0 saturated carbocycles. The Kier molecular flexibility index (Phi) is 6.89. The highest BCUT2D eigenvalue weighted by Gasteiger charge is 2.13. The first-order valence-corrected chi connectivity index (χ1v) is 11.0. The van der Waals surface area contributed by atoms with Crippen LogP contribution in [-0.4, -0.2) is 33.2 Å². The first kappa shape index (κ1) is 22.6. The van der Waals surface area contributed by atoms with Crippen LogP contribution in [-0.2, 0) is 14.3 Å². The molecule has 0 saturated heterocycles. The third-order valence-corrected chi connectivity index (χ3v) is 5.50. The van der Waals surface area contributed by atoms with Crippen molar-refractivity contribution in [2.45, 2.75) is 0 Å². The van der Waals surface area contributed by atoms with Gasteiger partial charge in [-0.15, -0.1) is 11.3 Å². The minimum atomic E-state index is -0.691. The number of carbonyl (C=O) groups excluding carboxylic acids is 2. The van der Waals surface area contributed by atoms with Crippen molar-refractivity contribution in [1.82, 2.24) is 9.78 Å². The number of nitrogens with one attached hydrogen (secondary N) is 1. The van der Waals surface area contributed by atoms with Gasteiger partial charge in [0.1, 0.15) is 5.69 Å². The molecule has 1 N–H and O–H groups in total. The number of amides is 1. The van der Waals surface area contributed by atoms with E-state index in [1.807, 2.05) is 54.0 Å². The van der Waals surface area contributed by atoms with Crippen LogP contribution in [0.4, 0.5) is 11.4 Å². The number of ether oxygens (including phenoxy) is 1. The maximum absolute atomic E-state index is 12.2. The molecule has 170 valence electrons. The zero-order valence-corrected chi connectivity index (χ0v) is 18.5. The summed E-state index contributed by atoms with van der Waals surface area (Å²) < 4.78 is 6.74. The lowest BCUT2D eigenvalue weighted by molar-refractivity contribution is -0.384. The van der Waals surface area contributed by atoms with Crippen LogP contribution in [0.2, 0.25) is 0 Å². The molecule has 0 radical (unpaired) electrons. The second-order valence-electron chi connectivity index (χ2n) is 6.98. The molecule has 10 heteroatoms. The summed E-state index contributed by atoms with van der Waals surface area (Å²) in [6, 6.07) is 18.8. The van der Waals surface area contributed by atoms with Crippen molar-refractivity contribution in [2.24, 2.45) is 0 Å². The fraction of sp³-hybridized carbons (Fsp3) is 0.0417. The topological polar surface area (TPSA) is 116 Å². The lowest BCUT2D eigenvalue weighted by atomic mass is 10.2. The molecule has 0 aliphatic rings. The number of nitro groups is 1. The summed E-state index contributed by atoms with van der Waals surface area (Å²) in [5.41, 5.74) is 2.59. The summed E-state index contributed by atoms with van der Waals surface area (Å²) in [5, 5.41) is 19.8. The van der Waals surface area contributed by atoms with Gasteiger partial charge in [0.25, 0.3) is 11.6 Å². The van der Waals surface area contributed by atoms with Gasteiger partial charge in [0, 0.05) is 35.7 Å². The number of hydrogen-bond donors (Lipinski definition) is 1. The number of benzene rings is 2. The van der Waals surface area contributed by atoms with Crippen LogP contribution in [0.25, 0.3) is 22.3 Å². The van der Waals surface area contributed by atoms with Crippen LogP contribution in [0.5, 0.6) is 0 Å². The minimum absolute atomic E-state index is 0.0907. The van der Waals surface area contributed by atoms with E-state index in [-0.39, 0.29) is 5.69 Å². The minimum Gasteiger partial charge on any atom is -0.452 e. The van der Waals surface area contributed by atoms with Crippen molar-refractivity contribution in [1.29, 1.82) is 0 Å². The molecule has 2 heterocycles. The largest absolute Gasteiger partial charge is 0.452 e. The summed E-state index contributed by atoms with van der Waals surface area (Å²) in [4.78, 5) is 35.3. The summed E-state index contributed by atoms with van der Waals surface area (Å²) in [6.07, 6.45) is 4.65. The lowest BCUT2D eigenvalue weighted by Crippen LogP contribution is -2.20. The Morgan fingerprint density at radius 3 is 2.53 bits per heavy atom.